The van der Waals surface area contributed by atoms with Crippen molar-refractivity contribution >= 4 is 26.7 Å². The molecule has 1 heterocycles. The number of fused-ring (bicyclic) bond motifs is 1. The van der Waals surface area contributed by atoms with Crippen molar-refractivity contribution < 1.29 is 13.0 Å². The molecule has 7 nitrogen and oxygen atoms in total. The Hall–Kier alpha value is -2.19. The molecule has 2 N–H and O–H groups in total. The Kier molecular flexibility index (Phi) is 4.16. The van der Waals surface area contributed by atoms with Crippen molar-refractivity contribution in [1.82, 2.24) is 15.0 Å². The van der Waals surface area contributed by atoms with E-state index in [1.165, 1.54) is 6.08 Å². The van der Waals surface area contributed by atoms with Gasteiger partial charge in [-0.15, -0.1) is 13.2 Å². The summed E-state index contributed by atoms with van der Waals surface area (Å²) in [7, 11) is -3.76. The number of nitrogens with zero attached hydrogens (tertiary/aromatic N) is 2. The fraction of sp³-hybridized carbons (Fsp3) is 0.167. The van der Waals surface area contributed by atoms with Gasteiger partial charge in [-0.3, -0.25) is 0 Å². The van der Waals surface area contributed by atoms with Crippen LogP contribution in [0.2, 0.25) is 0 Å². The van der Waals surface area contributed by atoms with Gasteiger partial charge >= 0.3 is 0 Å². The monoisotopic (exact) mass is 294 g/mol. The molecular weight excluding hydrogens is 280 g/mol. The molecule has 0 spiro atoms. The lowest BCUT2D eigenvalue weighted by Crippen LogP contribution is -2.25. The maximum absolute atomic E-state index is 12.4. The summed E-state index contributed by atoms with van der Waals surface area (Å²) in [5.74, 6) is 0. The number of rotatable bonds is 7. The molecule has 20 heavy (non-hydrogen) atoms. The van der Waals surface area contributed by atoms with E-state index in [9.17, 15) is 8.42 Å². The number of benzene rings is 1. The van der Waals surface area contributed by atoms with E-state index < -0.39 is 10.0 Å². The van der Waals surface area contributed by atoms with Crippen LogP contribution in [-0.4, -0.2) is 31.8 Å². The standard InChI is InChI=1S/C12H14N4O3S/c1-3-7-13-10-6-5-9-11(16-19-15-9)12(10)20(17,18)14-8-4-2/h3-6,13-14H,1-2,7-8H2. The maximum atomic E-state index is 12.4. The molecule has 1 aromatic heterocycles. The molecule has 0 aliphatic rings. The van der Waals surface area contributed by atoms with Crippen molar-refractivity contribution in [3.8, 4) is 0 Å². The van der Waals surface area contributed by atoms with Gasteiger partial charge in [-0.2, -0.15) is 0 Å². The molecule has 106 valence electrons. The lowest BCUT2D eigenvalue weighted by atomic mass is 10.2. The van der Waals surface area contributed by atoms with Gasteiger partial charge in [0.15, 0.2) is 5.52 Å². The quantitative estimate of drug-likeness (QED) is 0.747. The van der Waals surface area contributed by atoms with Gasteiger partial charge in [0.05, 0.1) is 5.69 Å². The number of hydrogen-bond acceptors (Lipinski definition) is 6. The van der Waals surface area contributed by atoms with Crippen LogP contribution in [0.25, 0.3) is 11.0 Å². The van der Waals surface area contributed by atoms with E-state index in [0.29, 0.717) is 17.7 Å². The Morgan fingerprint density at radius 3 is 2.65 bits per heavy atom. The first-order valence-corrected chi connectivity index (χ1v) is 7.29. The van der Waals surface area contributed by atoms with Crippen molar-refractivity contribution in [3.05, 3.63) is 37.4 Å². The number of aromatic nitrogens is 2. The summed E-state index contributed by atoms with van der Waals surface area (Å²) < 4.78 is 31.7. The second-order valence-electron chi connectivity index (χ2n) is 3.88. The summed E-state index contributed by atoms with van der Waals surface area (Å²) in [5.41, 5.74) is 0.952. The third-order valence-corrected chi connectivity index (χ3v) is 4.00. The number of anilines is 1. The highest BCUT2D eigenvalue weighted by Crippen LogP contribution is 2.28. The third-order valence-electron chi connectivity index (χ3n) is 2.50. The topological polar surface area (TPSA) is 97.1 Å². The summed E-state index contributed by atoms with van der Waals surface area (Å²) in [6, 6.07) is 3.24. The van der Waals surface area contributed by atoms with Gasteiger partial charge in [0.2, 0.25) is 10.0 Å². The van der Waals surface area contributed by atoms with Gasteiger partial charge in [-0.25, -0.2) is 17.8 Å². The van der Waals surface area contributed by atoms with Gasteiger partial charge in [0.25, 0.3) is 0 Å². The predicted molar refractivity (Wildman–Crippen MR) is 75.9 cm³/mol. The van der Waals surface area contributed by atoms with Crippen LogP contribution in [0.1, 0.15) is 0 Å². The number of nitrogens with one attached hydrogen (secondary N) is 2. The summed E-state index contributed by atoms with van der Waals surface area (Å²) in [6.45, 7) is 7.60. The van der Waals surface area contributed by atoms with Gasteiger partial charge in [-0.05, 0) is 22.4 Å². The average molecular weight is 294 g/mol. The van der Waals surface area contributed by atoms with Crippen molar-refractivity contribution in [2.75, 3.05) is 18.4 Å². The molecule has 0 aliphatic heterocycles. The second-order valence-corrected chi connectivity index (χ2v) is 5.59. The Morgan fingerprint density at radius 1 is 1.20 bits per heavy atom. The molecule has 0 fully saturated rings. The Morgan fingerprint density at radius 2 is 1.95 bits per heavy atom. The fourth-order valence-corrected chi connectivity index (χ4v) is 2.97. The van der Waals surface area contributed by atoms with Gasteiger partial charge < -0.3 is 5.32 Å². The third kappa shape index (κ3) is 2.70. The van der Waals surface area contributed by atoms with Crippen LogP contribution < -0.4 is 10.0 Å². The first-order valence-electron chi connectivity index (χ1n) is 5.80. The van der Waals surface area contributed by atoms with E-state index in [0.717, 1.165) is 0 Å². The largest absolute Gasteiger partial charge is 0.380 e. The zero-order valence-electron chi connectivity index (χ0n) is 10.7. The van der Waals surface area contributed by atoms with E-state index in [-0.39, 0.29) is 17.0 Å². The summed E-state index contributed by atoms with van der Waals surface area (Å²) in [5, 5.41) is 10.3. The number of sulfonamides is 1. The van der Waals surface area contributed by atoms with Crippen LogP contribution in [0.5, 0.6) is 0 Å². The molecule has 1 aromatic carbocycles. The zero-order valence-corrected chi connectivity index (χ0v) is 11.5. The lowest BCUT2D eigenvalue weighted by Gasteiger charge is -2.11. The molecule has 2 aromatic rings. The van der Waals surface area contributed by atoms with E-state index >= 15 is 0 Å². The smallest absolute Gasteiger partial charge is 0.245 e. The molecule has 0 saturated heterocycles. The molecule has 0 aliphatic carbocycles. The SMILES string of the molecule is C=CCNc1ccc2nonc2c1S(=O)(=O)NCC=C. The molecule has 0 atom stereocenters. The molecule has 0 unspecified atom stereocenters. The van der Waals surface area contributed by atoms with E-state index in [4.69, 9.17) is 0 Å². The predicted octanol–water partition coefficient (Wildman–Crippen LogP) is 1.29. The van der Waals surface area contributed by atoms with Gasteiger partial charge in [0, 0.05) is 13.1 Å². The second kappa shape index (κ2) is 5.85. The summed E-state index contributed by atoms with van der Waals surface area (Å²) >= 11 is 0. The lowest BCUT2D eigenvalue weighted by molar-refractivity contribution is 0.315. The normalized spacial score (nSPS) is 11.4. The van der Waals surface area contributed by atoms with Crippen LogP contribution >= 0.6 is 0 Å². The van der Waals surface area contributed by atoms with Crippen LogP contribution in [0.4, 0.5) is 5.69 Å². The fourth-order valence-electron chi connectivity index (χ4n) is 1.66. The minimum absolute atomic E-state index is 0.0000463. The Labute approximate surface area is 116 Å². The first kappa shape index (κ1) is 14.2. The molecule has 8 heteroatoms. The van der Waals surface area contributed by atoms with Gasteiger partial charge in [-0.1, -0.05) is 12.2 Å². The van der Waals surface area contributed by atoms with E-state index in [2.05, 4.69) is 38.1 Å². The molecule has 0 bridgehead atoms. The van der Waals surface area contributed by atoms with Crippen LogP contribution in [0.15, 0.2) is 47.0 Å². The molecule has 2 rings (SSSR count). The average Bonchev–Trinajstić information content (AvgIpc) is 2.90. The maximum Gasteiger partial charge on any atom is 0.245 e. The van der Waals surface area contributed by atoms with Crippen molar-refractivity contribution in [1.29, 1.82) is 0 Å². The van der Waals surface area contributed by atoms with Crippen LogP contribution in [0.3, 0.4) is 0 Å². The van der Waals surface area contributed by atoms with E-state index in [1.54, 1.807) is 18.2 Å². The highest BCUT2D eigenvalue weighted by molar-refractivity contribution is 7.89. The highest BCUT2D eigenvalue weighted by Gasteiger charge is 2.24. The van der Waals surface area contributed by atoms with Crippen LogP contribution in [-0.2, 0) is 10.0 Å². The van der Waals surface area contributed by atoms with Crippen LogP contribution in [0, 0.1) is 0 Å². The highest BCUT2D eigenvalue weighted by atomic mass is 32.2. The van der Waals surface area contributed by atoms with E-state index in [1.807, 2.05) is 0 Å². The number of hydrogen-bond donors (Lipinski definition) is 2. The molecular formula is C12H14N4O3S. The van der Waals surface area contributed by atoms with Crippen molar-refractivity contribution in [2.45, 2.75) is 4.90 Å². The summed E-state index contributed by atoms with van der Waals surface area (Å²) in [4.78, 5) is -0.0000463. The molecule has 0 amide bonds. The minimum Gasteiger partial charge on any atom is -0.380 e. The van der Waals surface area contributed by atoms with Gasteiger partial charge in [0.1, 0.15) is 10.4 Å². The van der Waals surface area contributed by atoms with Crippen molar-refractivity contribution in [2.24, 2.45) is 0 Å². The Bertz CT molecular complexity index is 736. The minimum atomic E-state index is -3.76. The molecule has 0 saturated carbocycles. The first-order chi connectivity index (χ1) is 9.60. The Balaban J connectivity index is 2.59. The summed E-state index contributed by atoms with van der Waals surface area (Å²) in [6.07, 6.45) is 3.08. The van der Waals surface area contributed by atoms with Crippen molar-refractivity contribution in [3.63, 3.8) is 0 Å². The molecule has 0 radical (unpaired) electrons. The zero-order chi connectivity index (χ0) is 14.6.